The zero-order valence-corrected chi connectivity index (χ0v) is 12.8. The molecule has 0 radical (unpaired) electrons. The van der Waals surface area contributed by atoms with Gasteiger partial charge in [-0.25, -0.2) is 4.79 Å². The minimum absolute atomic E-state index is 0.189. The van der Waals surface area contributed by atoms with Gasteiger partial charge in [0.1, 0.15) is 24.9 Å². The standard InChI is InChI=1S/C16H21NO5/c1-16(2)21-13-9-17(8-12(18)14(13)22-16)15(19)20-10-11-6-4-3-5-7-11/h3-7,12-14,18H,8-10H2,1-2H3. The molecule has 2 fully saturated rings. The number of hydrogen-bond donors (Lipinski definition) is 1. The van der Waals surface area contributed by atoms with Gasteiger partial charge in [0.05, 0.1) is 13.1 Å². The minimum atomic E-state index is -0.773. The van der Waals surface area contributed by atoms with E-state index in [1.807, 2.05) is 30.3 Å². The Balaban J connectivity index is 1.58. The number of aliphatic hydroxyl groups is 1. The molecule has 0 spiro atoms. The summed E-state index contributed by atoms with van der Waals surface area (Å²) in [6.45, 7) is 4.36. The van der Waals surface area contributed by atoms with Crippen LogP contribution in [0.4, 0.5) is 4.79 Å². The fourth-order valence-corrected chi connectivity index (χ4v) is 2.91. The molecule has 120 valence electrons. The van der Waals surface area contributed by atoms with Crippen molar-refractivity contribution in [3.8, 4) is 0 Å². The van der Waals surface area contributed by atoms with Gasteiger partial charge in [-0.2, -0.15) is 0 Å². The highest BCUT2D eigenvalue weighted by molar-refractivity contribution is 5.68. The third kappa shape index (κ3) is 3.24. The number of hydrogen-bond acceptors (Lipinski definition) is 5. The number of piperidine rings is 1. The summed E-state index contributed by atoms with van der Waals surface area (Å²) in [6, 6.07) is 9.48. The van der Waals surface area contributed by atoms with Gasteiger partial charge in [-0.1, -0.05) is 30.3 Å². The van der Waals surface area contributed by atoms with Crippen molar-refractivity contribution in [2.75, 3.05) is 13.1 Å². The summed E-state index contributed by atoms with van der Waals surface area (Å²) >= 11 is 0. The molecule has 2 heterocycles. The average Bonchev–Trinajstić information content (AvgIpc) is 2.80. The van der Waals surface area contributed by atoms with Crippen LogP contribution in [0.2, 0.25) is 0 Å². The van der Waals surface area contributed by atoms with Crippen molar-refractivity contribution in [1.82, 2.24) is 4.90 Å². The van der Waals surface area contributed by atoms with Gasteiger partial charge in [0.25, 0.3) is 0 Å². The Labute approximate surface area is 129 Å². The number of aliphatic hydroxyl groups excluding tert-OH is 1. The molecule has 6 nitrogen and oxygen atoms in total. The van der Waals surface area contributed by atoms with Gasteiger partial charge in [-0.3, -0.25) is 0 Å². The number of β-amino-alcohol motifs (C(OH)–C–C–N with tert-alkyl or cyclic N) is 1. The summed E-state index contributed by atoms with van der Waals surface area (Å²) in [7, 11) is 0. The maximum absolute atomic E-state index is 12.2. The fraction of sp³-hybridized carbons (Fsp3) is 0.562. The lowest BCUT2D eigenvalue weighted by molar-refractivity contribution is -0.152. The SMILES string of the molecule is CC1(C)OC2CN(C(=O)OCc3ccccc3)CC(O)C2O1. The van der Waals surface area contributed by atoms with Gasteiger partial charge in [0.2, 0.25) is 0 Å². The molecule has 2 aliphatic rings. The number of carbonyl (C=O) groups excluding carboxylic acids is 1. The molecule has 3 atom stereocenters. The maximum atomic E-state index is 12.2. The molecule has 0 aromatic heterocycles. The number of ether oxygens (including phenoxy) is 3. The van der Waals surface area contributed by atoms with Crippen LogP contribution >= 0.6 is 0 Å². The molecule has 3 rings (SSSR count). The second-order valence-electron chi connectivity index (χ2n) is 6.15. The molecule has 2 saturated heterocycles. The predicted molar refractivity (Wildman–Crippen MR) is 78.0 cm³/mol. The molecule has 22 heavy (non-hydrogen) atoms. The van der Waals surface area contributed by atoms with Gasteiger partial charge in [-0.05, 0) is 19.4 Å². The van der Waals surface area contributed by atoms with Crippen LogP contribution in [0.3, 0.4) is 0 Å². The highest BCUT2D eigenvalue weighted by Crippen LogP contribution is 2.33. The minimum Gasteiger partial charge on any atom is -0.445 e. The zero-order chi connectivity index (χ0) is 15.7. The van der Waals surface area contributed by atoms with E-state index in [-0.39, 0.29) is 19.3 Å². The first-order chi connectivity index (χ1) is 10.4. The zero-order valence-electron chi connectivity index (χ0n) is 12.8. The summed E-state index contributed by atoms with van der Waals surface area (Å²) < 4.78 is 16.7. The van der Waals surface area contributed by atoms with E-state index in [1.165, 1.54) is 4.90 Å². The lowest BCUT2D eigenvalue weighted by Gasteiger charge is -2.35. The van der Waals surface area contributed by atoms with E-state index in [0.29, 0.717) is 6.54 Å². The van der Waals surface area contributed by atoms with Crippen molar-refractivity contribution < 1.29 is 24.1 Å². The number of rotatable bonds is 2. The summed E-state index contributed by atoms with van der Waals surface area (Å²) in [6.07, 6.45) is -1.95. The lowest BCUT2D eigenvalue weighted by Crippen LogP contribution is -2.55. The number of amides is 1. The molecule has 1 N–H and O–H groups in total. The van der Waals surface area contributed by atoms with E-state index in [4.69, 9.17) is 14.2 Å². The quantitative estimate of drug-likeness (QED) is 0.897. The Morgan fingerprint density at radius 3 is 2.77 bits per heavy atom. The van der Waals surface area contributed by atoms with Crippen molar-refractivity contribution in [1.29, 1.82) is 0 Å². The van der Waals surface area contributed by atoms with Crippen LogP contribution in [-0.4, -0.2) is 53.3 Å². The molecule has 0 saturated carbocycles. The predicted octanol–water partition coefficient (Wildman–Crippen LogP) is 1.52. The number of fused-ring (bicyclic) bond motifs is 1. The van der Waals surface area contributed by atoms with Gasteiger partial charge in [0, 0.05) is 0 Å². The number of nitrogens with zero attached hydrogens (tertiary/aromatic N) is 1. The van der Waals surface area contributed by atoms with E-state index in [1.54, 1.807) is 13.8 Å². The second kappa shape index (κ2) is 5.87. The van der Waals surface area contributed by atoms with Crippen molar-refractivity contribution in [2.45, 2.75) is 44.6 Å². The summed E-state index contributed by atoms with van der Waals surface area (Å²) in [4.78, 5) is 13.6. The van der Waals surface area contributed by atoms with Crippen LogP contribution in [0, 0.1) is 0 Å². The third-order valence-electron chi connectivity index (χ3n) is 3.87. The smallest absolute Gasteiger partial charge is 0.410 e. The van der Waals surface area contributed by atoms with E-state index in [0.717, 1.165) is 5.56 Å². The molecular formula is C16H21NO5. The highest BCUT2D eigenvalue weighted by Gasteiger charge is 2.49. The van der Waals surface area contributed by atoms with E-state index < -0.39 is 24.1 Å². The number of benzene rings is 1. The molecule has 0 bridgehead atoms. The average molecular weight is 307 g/mol. The maximum Gasteiger partial charge on any atom is 0.410 e. The van der Waals surface area contributed by atoms with Crippen LogP contribution in [0.15, 0.2) is 30.3 Å². The monoisotopic (exact) mass is 307 g/mol. The topological polar surface area (TPSA) is 68.2 Å². The molecule has 1 aromatic rings. The largest absolute Gasteiger partial charge is 0.445 e. The Morgan fingerprint density at radius 2 is 2.05 bits per heavy atom. The Kier molecular flexibility index (Phi) is 4.08. The third-order valence-corrected chi connectivity index (χ3v) is 3.87. The van der Waals surface area contributed by atoms with Gasteiger partial charge < -0.3 is 24.2 Å². The summed E-state index contributed by atoms with van der Waals surface area (Å²) in [5, 5.41) is 10.2. The first-order valence-electron chi connectivity index (χ1n) is 7.44. The highest BCUT2D eigenvalue weighted by atomic mass is 16.8. The normalized spacial score (nSPS) is 30.0. The molecular weight excluding hydrogens is 286 g/mol. The Hall–Kier alpha value is -1.63. The molecule has 1 aromatic carbocycles. The fourth-order valence-electron chi connectivity index (χ4n) is 2.91. The van der Waals surface area contributed by atoms with E-state index in [2.05, 4.69) is 0 Å². The van der Waals surface area contributed by atoms with Gasteiger partial charge in [-0.15, -0.1) is 0 Å². The van der Waals surface area contributed by atoms with Crippen molar-refractivity contribution in [3.05, 3.63) is 35.9 Å². The lowest BCUT2D eigenvalue weighted by atomic mass is 10.0. The van der Waals surface area contributed by atoms with Gasteiger partial charge in [0.15, 0.2) is 5.79 Å². The first-order valence-corrected chi connectivity index (χ1v) is 7.44. The second-order valence-corrected chi connectivity index (χ2v) is 6.15. The van der Waals surface area contributed by atoms with Crippen LogP contribution in [0.1, 0.15) is 19.4 Å². The molecule has 3 unspecified atom stereocenters. The van der Waals surface area contributed by atoms with Crippen molar-refractivity contribution >= 4 is 6.09 Å². The van der Waals surface area contributed by atoms with E-state index >= 15 is 0 Å². The molecule has 6 heteroatoms. The van der Waals surface area contributed by atoms with Crippen LogP contribution in [0.25, 0.3) is 0 Å². The number of likely N-dealkylation sites (tertiary alicyclic amines) is 1. The van der Waals surface area contributed by atoms with Crippen LogP contribution < -0.4 is 0 Å². The van der Waals surface area contributed by atoms with E-state index in [9.17, 15) is 9.90 Å². The summed E-state index contributed by atoms with van der Waals surface area (Å²) in [5.74, 6) is -0.736. The first kappa shape index (κ1) is 15.3. The molecule has 2 aliphatic heterocycles. The molecule has 1 amide bonds. The van der Waals surface area contributed by atoms with Crippen LogP contribution in [-0.2, 0) is 20.8 Å². The Morgan fingerprint density at radius 1 is 1.32 bits per heavy atom. The molecule has 0 aliphatic carbocycles. The van der Waals surface area contributed by atoms with Gasteiger partial charge >= 0.3 is 6.09 Å². The Bertz CT molecular complexity index is 533. The van der Waals surface area contributed by atoms with Crippen molar-refractivity contribution in [2.24, 2.45) is 0 Å². The number of carbonyl (C=O) groups is 1. The van der Waals surface area contributed by atoms with Crippen molar-refractivity contribution in [3.63, 3.8) is 0 Å². The van der Waals surface area contributed by atoms with Crippen LogP contribution in [0.5, 0.6) is 0 Å². The summed E-state index contributed by atoms with van der Waals surface area (Å²) in [5.41, 5.74) is 0.924.